The number of alkyl halides is 2. The summed E-state index contributed by atoms with van der Waals surface area (Å²) in [6.45, 7) is -0.951. The largest absolute Gasteiger partial charge is 0.399 e. The summed E-state index contributed by atoms with van der Waals surface area (Å²) in [4.78, 5) is 22.9. The Kier molecular flexibility index (Phi) is 5.85. The fourth-order valence-corrected chi connectivity index (χ4v) is 1.27. The highest BCUT2D eigenvalue weighted by atomic mass is 19.3. The Hall–Kier alpha value is -2.22. The van der Waals surface area contributed by atoms with E-state index in [1.54, 1.807) is 0 Å². The van der Waals surface area contributed by atoms with Crippen LogP contribution < -0.4 is 16.4 Å². The molecule has 110 valence electrons. The molecule has 5 N–H and O–H groups in total. The molecule has 0 spiro atoms. The van der Waals surface area contributed by atoms with Gasteiger partial charge < -0.3 is 21.5 Å². The van der Waals surface area contributed by atoms with Crippen molar-refractivity contribution < 1.29 is 23.5 Å². The van der Waals surface area contributed by atoms with Crippen LogP contribution in [0.1, 0.15) is 10.4 Å². The summed E-state index contributed by atoms with van der Waals surface area (Å²) < 4.78 is 23.9. The number of hydrogen-bond donors (Lipinski definition) is 4. The third kappa shape index (κ3) is 5.19. The van der Waals surface area contributed by atoms with Crippen molar-refractivity contribution >= 4 is 17.5 Å². The number of halogens is 2. The average Bonchev–Trinajstić information content (AvgIpc) is 2.42. The number of nitrogen functional groups attached to an aromatic ring is 1. The molecule has 0 aliphatic rings. The number of anilines is 1. The molecule has 1 aromatic carbocycles. The van der Waals surface area contributed by atoms with Crippen LogP contribution in [0.4, 0.5) is 14.5 Å². The smallest absolute Gasteiger partial charge is 0.265 e. The van der Waals surface area contributed by atoms with Crippen LogP contribution in [0.25, 0.3) is 0 Å². The number of carbonyl (C=O) groups excluding carboxylic acids is 2. The van der Waals surface area contributed by atoms with E-state index in [9.17, 15) is 18.4 Å². The highest BCUT2D eigenvalue weighted by Crippen LogP contribution is 2.04. The Morgan fingerprint density at radius 2 is 1.80 bits per heavy atom. The minimum atomic E-state index is -2.93. The lowest BCUT2D eigenvalue weighted by atomic mass is 10.2. The molecule has 0 saturated carbocycles. The van der Waals surface area contributed by atoms with E-state index in [0.29, 0.717) is 11.3 Å². The fourth-order valence-electron chi connectivity index (χ4n) is 1.27. The number of nitrogens with two attached hydrogens (primary N) is 1. The molecule has 0 radical (unpaired) electrons. The number of carbonyl (C=O) groups is 2. The van der Waals surface area contributed by atoms with Gasteiger partial charge in [-0.1, -0.05) is 0 Å². The van der Waals surface area contributed by atoms with E-state index in [-0.39, 0.29) is 6.54 Å². The number of nitrogens with one attached hydrogen (secondary N) is 2. The predicted molar refractivity (Wildman–Crippen MR) is 68.2 cm³/mol. The number of aliphatic hydroxyl groups excluding tert-OH is 1. The van der Waals surface area contributed by atoms with Crippen molar-refractivity contribution in [3.8, 4) is 0 Å². The highest BCUT2D eigenvalue weighted by Gasteiger charge is 2.17. The second kappa shape index (κ2) is 7.39. The summed E-state index contributed by atoms with van der Waals surface area (Å²) in [5.74, 6) is -1.16. The fraction of sp³-hybridized carbons (Fsp3) is 0.333. The zero-order chi connectivity index (χ0) is 15.1. The molecule has 8 heteroatoms. The zero-order valence-electron chi connectivity index (χ0n) is 10.5. The van der Waals surface area contributed by atoms with Gasteiger partial charge in [0.2, 0.25) is 5.91 Å². The maximum absolute atomic E-state index is 12.0. The van der Waals surface area contributed by atoms with Gasteiger partial charge in [-0.15, -0.1) is 0 Å². The number of aliphatic hydroxyl groups is 1. The van der Waals surface area contributed by atoms with Gasteiger partial charge in [0.05, 0.1) is 6.54 Å². The van der Waals surface area contributed by atoms with Gasteiger partial charge >= 0.3 is 0 Å². The van der Waals surface area contributed by atoms with E-state index in [1.807, 2.05) is 0 Å². The van der Waals surface area contributed by atoms with Crippen LogP contribution in [-0.4, -0.2) is 42.5 Å². The van der Waals surface area contributed by atoms with E-state index in [1.165, 1.54) is 24.3 Å². The molecule has 0 aromatic heterocycles. The molecule has 0 fully saturated rings. The summed E-state index contributed by atoms with van der Waals surface area (Å²) in [7, 11) is 0. The van der Waals surface area contributed by atoms with Crippen molar-refractivity contribution in [1.82, 2.24) is 10.6 Å². The molecular weight excluding hydrogens is 272 g/mol. The first-order valence-electron chi connectivity index (χ1n) is 5.77. The topological polar surface area (TPSA) is 104 Å². The van der Waals surface area contributed by atoms with E-state index >= 15 is 0 Å². The quantitative estimate of drug-likeness (QED) is 0.541. The van der Waals surface area contributed by atoms with Gasteiger partial charge in [0.15, 0.2) is 0 Å². The van der Waals surface area contributed by atoms with Gasteiger partial charge in [-0.05, 0) is 24.3 Å². The third-order valence-corrected chi connectivity index (χ3v) is 2.38. The Bertz CT molecular complexity index is 466. The third-order valence-electron chi connectivity index (χ3n) is 2.38. The maximum atomic E-state index is 12.0. The predicted octanol–water partition coefficient (Wildman–Crippen LogP) is -0.259. The van der Waals surface area contributed by atoms with Crippen molar-refractivity contribution in [3.05, 3.63) is 29.8 Å². The van der Waals surface area contributed by atoms with Crippen molar-refractivity contribution in [2.24, 2.45) is 0 Å². The molecule has 0 heterocycles. The molecule has 1 rings (SSSR count). The number of amides is 2. The molecule has 0 saturated heterocycles. The Labute approximate surface area is 114 Å². The van der Waals surface area contributed by atoms with Gasteiger partial charge in [0, 0.05) is 17.8 Å². The minimum Gasteiger partial charge on any atom is -0.399 e. The van der Waals surface area contributed by atoms with E-state index in [0.717, 1.165) is 0 Å². The molecule has 1 atom stereocenters. The summed E-state index contributed by atoms with van der Waals surface area (Å²) in [6.07, 6.45) is -4.86. The zero-order valence-corrected chi connectivity index (χ0v) is 10.5. The minimum absolute atomic E-state index is 0.319. The number of benzene rings is 1. The van der Waals surface area contributed by atoms with Gasteiger partial charge in [0.1, 0.15) is 6.10 Å². The summed E-state index contributed by atoms with van der Waals surface area (Å²) in [5, 5.41) is 13.2. The van der Waals surface area contributed by atoms with E-state index < -0.39 is 30.9 Å². The molecule has 0 aliphatic heterocycles. The molecule has 0 bridgehead atoms. The van der Waals surface area contributed by atoms with Crippen LogP contribution >= 0.6 is 0 Å². The van der Waals surface area contributed by atoms with Crippen LogP contribution in [0, 0.1) is 0 Å². The first-order chi connectivity index (χ1) is 9.40. The van der Waals surface area contributed by atoms with Gasteiger partial charge in [-0.25, -0.2) is 8.78 Å². The van der Waals surface area contributed by atoms with Crippen LogP contribution in [0.5, 0.6) is 0 Å². The van der Waals surface area contributed by atoms with E-state index in [2.05, 4.69) is 10.6 Å². The lowest BCUT2D eigenvalue weighted by molar-refractivity contribution is -0.121. The maximum Gasteiger partial charge on any atom is 0.265 e. The second-order valence-corrected chi connectivity index (χ2v) is 4.01. The summed E-state index contributed by atoms with van der Waals surface area (Å²) >= 11 is 0. The first-order valence-corrected chi connectivity index (χ1v) is 5.77. The molecule has 0 aliphatic carbocycles. The lowest BCUT2D eigenvalue weighted by Crippen LogP contribution is -2.41. The van der Waals surface area contributed by atoms with Crippen LogP contribution in [0.15, 0.2) is 24.3 Å². The number of rotatable bonds is 6. The summed E-state index contributed by atoms with van der Waals surface area (Å²) in [6, 6.07) is 6.05. The monoisotopic (exact) mass is 287 g/mol. The van der Waals surface area contributed by atoms with Crippen LogP contribution in [0.2, 0.25) is 0 Å². The first kappa shape index (κ1) is 15.8. The standard InChI is InChI=1S/C12H15F2N3O3/c13-11(14)9(18)5-16-10(19)6-17-12(20)7-1-3-8(15)4-2-7/h1-4,9,11,18H,5-6,15H2,(H,16,19)(H,17,20). The van der Waals surface area contributed by atoms with E-state index in [4.69, 9.17) is 10.8 Å². The Morgan fingerprint density at radius 3 is 2.35 bits per heavy atom. The molecule has 2 amide bonds. The summed E-state index contributed by atoms with van der Waals surface area (Å²) in [5.41, 5.74) is 6.28. The van der Waals surface area contributed by atoms with Crippen LogP contribution in [-0.2, 0) is 4.79 Å². The van der Waals surface area contributed by atoms with Crippen molar-refractivity contribution in [3.63, 3.8) is 0 Å². The van der Waals surface area contributed by atoms with Crippen molar-refractivity contribution in [2.75, 3.05) is 18.8 Å². The SMILES string of the molecule is Nc1ccc(C(=O)NCC(=O)NCC(O)C(F)F)cc1. The Morgan fingerprint density at radius 1 is 1.20 bits per heavy atom. The van der Waals surface area contributed by atoms with Gasteiger partial charge in [-0.3, -0.25) is 9.59 Å². The Balaban J connectivity index is 2.34. The molecular formula is C12H15F2N3O3. The van der Waals surface area contributed by atoms with Gasteiger partial charge in [-0.2, -0.15) is 0 Å². The normalized spacial score (nSPS) is 12.0. The highest BCUT2D eigenvalue weighted by molar-refractivity contribution is 5.96. The molecule has 6 nitrogen and oxygen atoms in total. The van der Waals surface area contributed by atoms with Crippen LogP contribution in [0.3, 0.4) is 0 Å². The van der Waals surface area contributed by atoms with Crippen molar-refractivity contribution in [1.29, 1.82) is 0 Å². The van der Waals surface area contributed by atoms with Crippen molar-refractivity contribution in [2.45, 2.75) is 12.5 Å². The average molecular weight is 287 g/mol. The number of hydrogen-bond acceptors (Lipinski definition) is 4. The molecule has 1 aromatic rings. The van der Waals surface area contributed by atoms with Gasteiger partial charge in [0.25, 0.3) is 12.3 Å². The second-order valence-electron chi connectivity index (χ2n) is 4.01. The molecule has 1 unspecified atom stereocenters. The lowest BCUT2D eigenvalue weighted by Gasteiger charge is -2.11. The molecule has 20 heavy (non-hydrogen) atoms.